The van der Waals surface area contributed by atoms with E-state index in [4.69, 9.17) is 19.0 Å². The molecule has 1 aromatic carbocycles. The molecule has 57 heavy (non-hydrogen) atoms. The van der Waals surface area contributed by atoms with Crippen LogP contribution in [0.1, 0.15) is 63.0 Å². The third-order valence-corrected chi connectivity index (χ3v) is 12.1. The normalized spacial score (nSPS) is 17.5. The van der Waals surface area contributed by atoms with Gasteiger partial charge in [0.15, 0.2) is 6.54 Å². The van der Waals surface area contributed by atoms with Crippen LogP contribution in [0.25, 0.3) is 17.4 Å². The van der Waals surface area contributed by atoms with E-state index >= 15 is 0 Å². The average Bonchev–Trinajstić information content (AvgIpc) is 3.35. The van der Waals surface area contributed by atoms with Crippen molar-refractivity contribution in [2.45, 2.75) is 62.2 Å². The van der Waals surface area contributed by atoms with Gasteiger partial charge in [0, 0.05) is 66.4 Å². The third kappa shape index (κ3) is 13.6. The summed E-state index contributed by atoms with van der Waals surface area (Å²) in [6, 6.07) is 11.3. The fourth-order valence-electron chi connectivity index (χ4n) is 6.94. The van der Waals surface area contributed by atoms with Gasteiger partial charge < -0.3 is 37.6 Å². The van der Waals surface area contributed by atoms with Gasteiger partial charge >= 0.3 is 5.97 Å². The summed E-state index contributed by atoms with van der Waals surface area (Å²) in [5, 5.41) is 9.81. The Bertz CT molecular complexity index is 2300. The average molecular weight is 853 g/mol. The van der Waals surface area contributed by atoms with E-state index in [1.54, 1.807) is 32.2 Å². The van der Waals surface area contributed by atoms with Crippen LogP contribution in [0.2, 0.25) is 0 Å². The fourth-order valence-corrected chi connectivity index (χ4v) is 8.42. The molecule has 0 spiro atoms. The third-order valence-electron chi connectivity index (χ3n) is 9.72. The molecular formula is C38H48N2O14S3-2. The summed E-state index contributed by atoms with van der Waals surface area (Å²) in [4.78, 5) is 12.6. The summed E-state index contributed by atoms with van der Waals surface area (Å²) in [6.07, 6.45) is 8.72. The summed E-state index contributed by atoms with van der Waals surface area (Å²) < 4.78 is 123. The summed E-state index contributed by atoms with van der Waals surface area (Å²) in [5.41, 5.74) is 2.19. The predicted octanol–water partition coefficient (Wildman–Crippen LogP) is 3.30. The van der Waals surface area contributed by atoms with Crippen LogP contribution in [0.3, 0.4) is 0 Å². The van der Waals surface area contributed by atoms with Crippen molar-refractivity contribution in [2.75, 3.05) is 63.0 Å². The smallest absolute Gasteiger partial charge is 0.303 e. The van der Waals surface area contributed by atoms with Gasteiger partial charge in [-0.3, -0.25) is 4.79 Å². The molecule has 1 aliphatic carbocycles. The molecule has 314 valence electrons. The van der Waals surface area contributed by atoms with Crippen LogP contribution in [0.5, 0.6) is 0 Å². The summed E-state index contributed by atoms with van der Waals surface area (Å²) in [7, 11) is -12.2. The van der Waals surface area contributed by atoms with E-state index < -0.39 is 58.1 Å². The van der Waals surface area contributed by atoms with Crippen LogP contribution in [0.4, 0.5) is 5.69 Å². The molecule has 0 fully saturated rings. The number of rotatable bonds is 23. The van der Waals surface area contributed by atoms with Gasteiger partial charge in [-0.05, 0) is 80.1 Å². The highest BCUT2D eigenvalue weighted by Crippen LogP contribution is 2.51. The van der Waals surface area contributed by atoms with Gasteiger partial charge in [0.05, 0.1) is 50.7 Å². The lowest BCUT2D eigenvalue weighted by molar-refractivity contribution is -0.137. The standard InChI is InChI=1S/C38H50N2O14S3/c1-38(17-7-25-55(43,44)45)33-28-31(57(49,50)51)13-15-34(33)40(19-5-3-4-11-37(41)42)36(38)10-6-9-29-16-21-54-35-27-30(12-14-32(29)35)39(18-8-26-56(46,47)48)20-22-53-24-23-52-2/h6,9-10,12-16,21,27-28H,3-5,7-8,11,17-20,22-26H2,1-2H3,(H3-,41,42,43,44,45,46,47,48,49,50,51)/p-2. The number of fused-ring (bicyclic) bond motifs is 2. The minimum absolute atomic E-state index is 0.0000205. The number of hydrogen-bond acceptors (Lipinski definition) is 14. The molecule has 2 heterocycles. The number of hydrogen-bond donors (Lipinski definition) is 1. The zero-order valence-corrected chi connectivity index (χ0v) is 34.3. The van der Waals surface area contributed by atoms with E-state index in [0.717, 1.165) is 11.1 Å². The number of unbranched alkanes of at least 4 members (excludes halogenated alkanes) is 2. The number of carbonyl (C=O) groups is 1. The van der Waals surface area contributed by atoms with Crippen LogP contribution >= 0.6 is 0 Å². The van der Waals surface area contributed by atoms with Crippen molar-refractivity contribution in [2.24, 2.45) is 0 Å². The maximum atomic E-state index is 12.1. The molecule has 0 saturated heterocycles. The minimum atomic E-state index is -4.85. The molecule has 1 unspecified atom stereocenters. The highest BCUT2D eigenvalue weighted by atomic mass is 32.2. The molecule has 2 aliphatic heterocycles. The quantitative estimate of drug-likeness (QED) is 0.0817. The van der Waals surface area contributed by atoms with Gasteiger partial charge in [-0.25, -0.2) is 29.8 Å². The summed E-state index contributed by atoms with van der Waals surface area (Å²) in [6.45, 7) is 3.98. The maximum absolute atomic E-state index is 12.1. The number of ether oxygens (including phenoxy) is 2. The monoisotopic (exact) mass is 852 g/mol. The highest BCUT2D eigenvalue weighted by molar-refractivity contribution is 7.86. The van der Waals surface area contributed by atoms with Crippen molar-refractivity contribution in [1.29, 1.82) is 0 Å². The molecule has 3 aliphatic rings. The number of nitrogens with zero attached hydrogens (tertiary/aromatic N) is 2. The molecule has 0 bridgehead atoms. The topological polar surface area (TPSA) is 247 Å². The zero-order valence-electron chi connectivity index (χ0n) is 31.8. The van der Waals surface area contributed by atoms with E-state index in [2.05, 4.69) is 0 Å². The van der Waals surface area contributed by atoms with Gasteiger partial charge in [0.25, 0.3) is 0 Å². The lowest BCUT2D eigenvalue weighted by Crippen LogP contribution is -2.35. The number of methoxy groups -OCH3 is 1. The van der Waals surface area contributed by atoms with Crippen molar-refractivity contribution in [3.05, 3.63) is 83.1 Å². The van der Waals surface area contributed by atoms with Crippen LogP contribution in [-0.4, -0.2) is 108 Å². The van der Waals surface area contributed by atoms with Crippen molar-refractivity contribution >= 4 is 48.1 Å². The van der Waals surface area contributed by atoms with Crippen LogP contribution < -0.4 is 14.8 Å². The Morgan fingerprint density at radius 3 is 2.32 bits per heavy atom. The van der Waals surface area contributed by atoms with Crippen molar-refractivity contribution in [3.8, 4) is 11.3 Å². The number of carboxylic acids is 1. The molecule has 19 heteroatoms. The van der Waals surface area contributed by atoms with Crippen molar-refractivity contribution < 1.29 is 62.7 Å². The first-order chi connectivity index (χ1) is 26.8. The second kappa shape index (κ2) is 20.1. The Morgan fingerprint density at radius 2 is 1.63 bits per heavy atom. The Morgan fingerprint density at radius 1 is 0.895 bits per heavy atom. The molecule has 1 atom stereocenters. The maximum Gasteiger partial charge on any atom is 0.303 e. The van der Waals surface area contributed by atoms with Crippen LogP contribution in [0.15, 0.2) is 75.9 Å². The fraction of sp³-hybridized carbons (Fsp3) is 0.474. The van der Waals surface area contributed by atoms with Gasteiger partial charge in [-0.1, -0.05) is 18.6 Å². The van der Waals surface area contributed by atoms with E-state index in [9.17, 15) is 43.7 Å². The van der Waals surface area contributed by atoms with Gasteiger partial charge in [-0.2, -0.15) is 0 Å². The summed E-state index contributed by atoms with van der Waals surface area (Å²) in [5.74, 6) is -1.56. The number of allylic oxidation sites excluding steroid dienone is 3. The molecule has 0 saturated carbocycles. The SMILES string of the molecule is COCCOCC[N+](CCCS(=O)(=O)[O-])=c1ccc2c(/C=C/C=C3/N(CCCCCC(=O)O)c4ccc(S(=O)(=O)[O-])cc4C3(C)CCCS(=O)(=O)[O-])ccoc-2c1. The molecule has 0 amide bonds. The Labute approximate surface area is 333 Å². The molecule has 1 N–H and O–H groups in total. The highest BCUT2D eigenvalue weighted by Gasteiger charge is 2.43. The minimum Gasteiger partial charge on any atom is -0.748 e. The lowest BCUT2D eigenvalue weighted by Gasteiger charge is -2.31. The predicted molar refractivity (Wildman–Crippen MR) is 208 cm³/mol. The first kappa shape index (κ1) is 45.7. The Hall–Kier alpha value is -3.95. The molecule has 16 nitrogen and oxygen atoms in total. The van der Waals surface area contributed by atoms with E-state index in [1.165, 1.54) is 24.5 Å². The molecule has 0 radical (unpaired) electrons. The first-order valence-corrected chi connectivity index (χ1v) is 22.9. The second-order valence-corrected chi connectivity index (χ2v) is 18.3. The van der Waals surface area contributed by atoms with Crippen molar-refractivity contribution in [1.82, 2.24) is 4.58 Å². The number of carboxylic acid groups (broad SMARTS) is 1. The summed E-state index contributed by atoms with van der Waals surface area (Å²) >= 11 is 0. The Balaban J connectivity index is 1.75. The molecule has 1 aromatic rings. The van der Waals surface area contributed by atoms with Gasteiger partial charge in [0.1, 0.15) is 29.0 Å². The number of benzene rings is 2. The molecular weight excluding hydrogens is 805 g/mol. The molecule has 4 rings (SSSR count). The van der Waals surface area contributed by atoms with Gasteiger partial charge in [-0.15, -0.1) is 0 Å². The van der Waals surface area contributed by atoms with Crippen LogP contribution in [-0.2, 0) is 50.0 Å². The first-order valence-electron chi connectivity index (χ1n) is 18.3. The van der Waals surface area contributed by atoms with E-state index in [0.29, 0.717) is 80.2 Å². The van der Waals surface area contributed by atoms with Crippen molar-refractivity contribution in [3.63, 3.8) is 0 Å². The molecule has 0 aromatic heterocycles. The Kier molecular flexibility index (Phi) is 16.2. The number of anilines is 1. The number of aliphatic carboxylic acids is 1. The van der Waals surface area contributed by atoms with Crippen LogP contribution in [0, 0.1) is 0 Å². The lowest BCUT2D eigenvalue weighted by atomic mass is 9.77. The largest absolute Gasteiger partial charge is 0.748 e. The van der Waals surface area contributed by atoms with E-state index in [1.807, 2.05) is 33.8 Å². The van der Waals surface area contributed by atoms with E-state index in [-0.39, 0.29) is 32.2 Å². The zero-order chi connectivity index (χ0) is 41.9. The second-order valence-electron chi connectivity index (χ2n) is 13.9. The van der Waals surface area contributed by atoms with Gasteiger partial charge in [0.2, 0.25) is 5.36 Å².